The maximum atomic E-state index is 12.5. The van der Waals surface area contributed by atoms with Gasteiger partial charge in [-0.1, -0.05) is 22.9 Å². The number of carbonyl (C=O) groups excluding carboxylic acids is 1. The minimum Gasteiger partial charge on any atom is -0.492 e. The standard InChI is InChI=1S/C28H28ClFN8O3/c1-3-40-26-13-23-21(12-24(26)35-27(39)5-4-9-32-2)28(18(14-31)15-33-23)34-19-6-7-25(22(29)11-19)41-17-20-16-38(10-8-30)37-36-20/h4-7,11-13,15-16,32H,3,8-10,17H2,1-2H3,(H,33,34)(H,35,39)/b5-4+. The number of carbonyl (C=O) groups is 1. The van der Waals surface area contributed by atoms with Crippen LogP contribution in [0.15, 0.2) is 54.9 Å². The third-order valence-corrected chi connectivity index (χ3v) is 6.01. The second-order valence-electron chi connectivity index (χ2n) is 8.63. The Hall–Kier alpha value is -4.73. The van der Waals surface area contributed by atoms with E-state index in [1.165, 1.54) is 17.0 Å². The second kappa shape index (κ2) is 14.1. The van der Waals surface area contributed by atoms with Gasteiger partial charge in [-0.15, -0.1) is 5.10 Å². The van der Waals surface area contributed by atoms with Gasteiger partial charge in [0, 0.05) is 36.0 Å². The van der Waals surface area contributed by atoms with Crippen molar-refractivity contribution in [3.05, 3.63) is 71.2 Å². The van der Waals surface area contributed by atoms with Crippen LogP contribution in [0.25, 0.3) is 10.9 Å². The molecule has 0 spiro atoms. The molecule has 0 unspecified atom stereocenters. The number of benzene rings is 2. The molecule has 41 heavy (non-hydrogen) atoms. The summed E-state index contributed by atoms with van der Waals surface area (Å²) < 4.78 is 25.4. The molecule has 0 fully saturated rings. The van der Waals surface area contributed by atoms with E-state index >= 15 is 0 Å². The van der Waals surface area contributed by atoms with Crippen LogP contribution in [0.3, 0.4) is 0 Å². The lowest BCUT2D eigenvalue weighted by Gasteiger charge is -2.16. The van der Waals surface area contributed by atoms with E-state index in [1.54, 1.807) is 49.7 Å². The Morgan fingerprint density at radius 1 is 1.24 bits per heavy atom. The molecule has 3 N–H and O–H groups in total. The molecule has 0 aliphatic carbocycles. The average Bonchev–Trinajstić information content (AvgIpc) is 3.41. The highest BCUT2D eigenvalue weighted by molar-refractivity contribution is 6.32. The van der Waals surface area contributed by atoms with Crippen LogP contribution in [0.4, 0.5) is 21.5 Å². The molecule has 2 aromatic carbocycles. The fourth-order valence-corrected chi connectivity index (χ4v) is 4.10. The normalized spacial score (nSPS) is 11.0. The van der Waals surface area contributed by atoms with Crippen LogP contribution in [0.2, 0.25) is 5.02 Å². The predicted molar refractivity (Wildman–Crippen MR) is 154 cm³/mol. The summed E-state index contributed by atoms with van der Waals surface area (Å²) in [5.74, 6) is 0.537. The van der Waals surface area contributed by atoms with Crippen LogP contribution in [0.1, 0.15) is 18.2 Å². The van der Waals surface area contributed by atoms with E-state index in [9.17, 15) is 14.4 Å². The number of alkyl halides is 1. The Bertz CT molecular complexity index is 1600. The number of amides is 1. The molecule has 4 rings (SSSR count). The van der Waals surface area contributed by atoms with Gasteiger partial charge in [0.05, 0.1) is 46.8 Å². The molecular formula is C28H28ClFN8O3. The lowest BCUT2D eigenvalue weighted by Crippen LogP contribution is -2.11. The summed E-state index contributed by atoms with van der Waals surface area (Å²) in [7, 11) is 1.78. The van der Waals surface area contributed by atoms with Gasteiger partial charge in [0.1, 0.15) is 36.5 Å². The SMILES string of the molecule is CCOc1cc2ncc(C#N)c(Nc3ccc(OCc4cn(CCF)nn4)c(Cl)c3)c2cc1NC(=O)/C=C/CNC. The first-order valence-electron chi connectivity index (χ1n) is 12.7. The highest BCUT2D eigenvalue weighted by Crippen LogP contribution is 2.37. The molecule has 212 valence electrons. The molecule has 1 amide bonds. The van der Waals surface area contributed by atoms with Crippen molar-refractivity contribution >= 4 is 45.5 Å². The van der Waals surface area contributed by atoms with Crippen molar-refractivity contribution in [2.75, 3.05) is 37.5 Å². The van der Waals surface area contributed by atoms with Gasteiger partial charge in [0.2, 0.25) is 5.91 Å². The number of aryl methyl sites for hydroxylation is 1. The number of nitrogens with one attached hydrogen (secondary N) is 3. The number of halogens is 2. The molecule has 2 heterocycles. The fraction of sp³-hybridized carbons (Fsp3) is 0.250. The van der Waals surface area contributed by atoms with E-state index in [1.807, 2.05) is 6.92 Å². The molecule has 0 saturated heterocycles. The van der Waals surface area contributed by atoms with Crippen molar-refractivity contribution in [1.82, 2.24) is 25.3 Å². The maximum Gasteiger partial charge on any atom is 0.248 e. The number of pyridine rings is 1. The van der Waals surface area contributed by atoms with Crippen LogP contribution in [-0.2, 0) is 17.9 Å². The van der Waals surface area contributed by atoms with Crippen LogP contribution in [-0.4, -0.2) is 52.8 Å². The van der Waals surface area contributed by atoms with Gasteiger partial charge in [-0.2, -0.15) is 5.26 Å². The molecular weight excluding hydrogens is 551 g/mol. The molecule has 11 nitrogen and oxygen atoms in total. The Morgan fingerprint density at radius 3 is 2.83 bits per heavy atom. The highest BCUT2D eigenvalue weighted by Gasteiger charge is 2.16. The van der Waals surface area contributed by atoms with Gasteiger partial charge in [-0.3, -0.25) is 9.78 Å². The second-order valence-corrected chi connectivity index (χ2v) is 9.03. The topological polar surface area (TPSA) is 139 Å². The Morgan fingerprint density at radius 2 is 2.10 bits per heavy atom. The first-order valence-corrected chi connectivity index (χ1v) is 13.1. The maximum absolute atomic E-state index is 12.5. The van der Waals surface area contributed by atoms with E-state index < -0.39 is 6.67 Å². The first kappa shape index (κ1) is 29.3. The molecule has 4 aromatic rings. The predicted octanol–water partition coefficient (Wildman–Crippen LogP) is 4.76. The Labute approximate surface area is 240 Å². The lowest BCUT2D eigenvalue weighted by molar-refractivity contribution is -0.111. The van der Waals surface area contributed by atoms with Crippen molar-refractivity contribution in [2.24, 2.45) is 0 Å². The average molecular weight is 579 g/mol. The number of likely N-dealkylation sites (N-methyl/N-ethyl adjacent to an activating group) is 1. The van der Waals surface area contributed by atoms with Crippen molar-refractivity contribution in [1.29, 1.82) is 5.26 Å². The van der Waals surface area contributed by atoms with Crippen molar-refractivity contribution in [2.45, 2.75) is 20.1 Å². The number of nitriles is 1. The van der Waals surface area contributed by atoms with Crippen molar-refractivity contribution < 1.29 is 18.7 Å². The molecule has 0 aliphatic heterocycles. The minimum absolute atomic E-state index is 0.104. The van der Waals surface area contributed by atoms with Crippen LogP contribution in [0, 0.1) is 11.3 Å². The summed E-state index contributed by atoms with van der Waals surface area (Å²) in [6.45, 7) is 2.46. The quantitative estimate of drug-likeness (QED) is 0.192. The van der Waals surface area contributed by atoms with E-state index in [0.29, 0.717) is 68.9 Å². The van der Waals surface area contributed by atoms with E-state index in [4.69, 9.17) is 21.1 Å². The molecule has 0 aliphatic rings. The van der Waals surface area contributed by atoms with Gasteiger partial charge in [0.15, 0.2) is 0 Å². The van der Waals surface area contributed by atoms with E-state index in [2.05, 4.69) is 37.3 Å². The number of hydrogen-bond acceptors (Lipinski definition) is 9. The summed E-state index contributed by atoms with van der Waals surface area (Å²) in [6.07, 6.45) is 6.20. The summed E-state index contributed by atoms with van der Waals surface area (Å²) in [5, 5.41) is 27.6. The van der Waals surface area contributed by atoms with Gasteiger partial charge < -0.3 is 25.4 Å². The molecule has 0 radical (unpaired) electrons. The number of fused-ring (bicyclic) bond motifs is 1. The van der Waals surface area contributed by atoms with E-state index in [0.717, 1.165) is 0 Å². The van der Waals surface area contributed by atoms with Gasteiger partial charge in [-0.05, 0) is 38.2 Å². The summed E-state index contributed by atoms with van der Waals surface area (Å²) in [5.41, 5.74) is 2.89. The lowest BCUT2D eigenvalue weighted by atomic mass is 10.1. The third-order valence-electron chi connectivity index (χ3n) is 5.72. The molecule has 0 bridgehead atoms. The number of ether oxygens (including phenoxy) is 2. The molecule has 0 atom stereocenters. The minimum atomic E-state index is -0.540. The zero-order valence-electron chi connectivity index (χ0n) is 22.4. The largest absolute Gasteiger partial charge is 0.492 e. The zero-order chi connectivity index (χ0) is 29.2. The monoisotopic (exact) mass is 578 g/mol. The number of anilines is 3. The molecule has 2 aromatic heterocycles. The van der Waals surface area contributed by atoms with Crippen molar-refractivity contribution in [3.63, 3.8) is 0 Å². The first-order chi connectivity index (χ1) is 19.9. The summed E-state index contributed by atoms with van der Waals surface area (Å²) in [4.78, 5) is 16.9. The van der Waals surface area contributed by atoms with E-state index in [-0.39, 0.29) is 19.1 Å². The van der Waals surface area contributed by atoms with Crippen LogP contribution < -0.4 is 25.4 Å². The smallest absolute Gasteiger partial charge is 0.248 e. The number of rotatable bonds is 13. The fourth-order valence-electron chi connectivity index (χ4n) is 3.86. The molecule has 0 saturated carbocycles. The summed E-state index contributed by atoms with van der Waals surface area (Å²) >= 11 is 6.49. The van der Waals surface area contributed by atoms with Crippen molar-refractivity contribution in [3.8, 4) is 17.6 Å². The Kier molecular flexibility index (Phi) is 10.0. The number of nitrogens with zero attached hydrogens (tertiary/aromatic N) is 5. The van der Waals surface area contributed by atoms with Crippen LogP contribution >= 0.6 is 11.6 Å². The van der Waals surface area contributed by atoms with Gasteiger partial charge >= 0.3 is 0 Å². The number of hydrogen-bond donors (Lipinski definition) is 3. The summed E-state index contributed by atoms with van der Waals surface area (Å²) in [6, 6.07) is 10.7. The van der Waals surface area contributed by atoms with Gasteiger partial charge in [0.25, 0.3) is 0 Å². The third kappa shape index (κ3) is 7.47. The molecule has 13 heteroatoms. The Balaban J connectivity index is 1.61. The highest BCUT2D eigenvalue weighted by atomic mass is 35.5. The zero-order valence-corrected chi connectivity index (χ0v) is 23.2. The van der Waals surface area contributed by atoms with Crippen LogP contribution in [0.5, 0.6) is 11.5 Å². The van der Waals surface area contributed by atoms with Gasteiger partial charge in [-0.25, -0.2) is 9.07 Å². The number of aromatic nitrogens is 4.